The molecular weight excluding hydrogens is 369 g/mol. The second-order valence-electron chi connectivity index (χ2n) is 8.98. The summed E-state index contributed by atoms with van der Waals surface area (Å²) in [6, 6.07) is 6.00. The number of halogens is 1. The smallest absolute Gasteiger partial charge is 0.245 e. The molecular formula is C23H34FN3O2. The Morgan fingerprint density at radius 1 is 1.00 bits per heavy atom. The number of hydrogen-bond donors (Lipinski definition) is 1. The third kappa shape index (κ3) is 5.49. The zero-order valence-corrected chi connectivity index (χ0v) is 17.9. The fourth-order valence-electron chi connectivity index (χ4n) is 4.34. The number of piperazine rings is 1. The lowest BCUT2D eigenvalue weighted by Crippen LogP contribution is -2.57. The maximum atomic E-state index is 13.1. The van der Waals surface area contributed by atoms with Crippen molar-refractivity contribution in [1.82, 2.24) is 10.2 Å². The highest BCUT2D eigenvalue weighted by molar-refractivity contribution is 5.89. The van der Waals surface area contributed by atoms with Gasteiger partial charge in [0.1, 0.15) is 11.9 Å². The van der Waals surface area contributed by atoms with Crippen molar-refractivity contribution < 1.29 is 14.0 Å². The standard InChI is InChI=1S/C23H34FN3O2/c1-16(2)21(25-22(28)18-6-4-17(3)5-7-18)23(29)27-14-12-26(13-15-27)20-10-8-19(24)9-11-20/h8-11,16-18,21H,4-7,12-15H2,1-3H3,(H,25,28)/t17?,18?,21-/m0/s1. The molecule has 1 aromatic carbocycles. The van der Waals surface area contributed by atoms with E-state index in [-0.39, 0.29) is 29.5 Å². The molecule has 160 valence electrons. The van der Waals surface area contributed by atoms with Gasteiger partial charge in [-0.1, -0.05) is 20.8 Å². The second-order valence-corrected chi connectivity index (χ2v) is 8.98. The van der Waals surface area contributed by atoms with Gasteiger partial charge in [0, 0.05) is 37.8 Å². The van der Waals surface area contributed by atoms with Crippen LogP contribution >= 0.6 is 0 Å². The molecule has 6 heteroatoms. The van der Waals surface area contributed by atoms with Crippen molar-refractivity contribution in [3.8, 4) is 0 Å². The first-order valence-corrected chi connectivity index (χ1v) is 10.9. The predicted octanol–water partition coefficient (Wildman–Crippen LogP) is 3.44. The molecule has 0 radical (unpaired) electrons. The van der Waals surface area contributed by atoms with Crippen molar-refractivity contribution in [2.24, 2.45) is 17.8 Å². The summed E-state index contributed by atoms with van der Waals surface area (Å²) in [6.45, 7) is 8.83. The van der Waals surface area contributed by atoms with Gasteiger partial charge < -0.3 is 15.1 Å². The minimum absolute atomic E-state index is 0.0104. The second kappa shape index (κ2) is 9.59. The Hall–Kier alpha value is -2.11. The molecule has 0 aromatic heterocycles. The molecule has 2 fully saturated rings. The van der Waals surface area contributed by atoms with Crippen LogP contribution in [0.1, 0.15) is 46.5 Å². The number of rotatable bonds is 5. The van der Waals surface area contributed by atoms with Gasteiger partial charge in [0.05, 0.1) is 0 Å². The molecule has 3 rings (SSSR count). The van der Waals surface area contributed by atoms with Gasteiger partial charge in [-0.25, -0.2) is 4.39 Å². The van der Waals surface area contributed by atoms with E-state index in [2.05, 4.69) is 17.1 Å². The summed E-state index contributed by atoms with van der Waals surface area (Å²) in [5.74, 6) is 0.578. The lowest BCUT2D eigenvalue weighted by atomic mass is 9.82. The molecule has 1 atom stereocenters. The van der Waals surface area contributed by atoms with E-state index in [1.165, 1.54) is 12.1 Å². The molecule has 5 nitrogen and oxygen atoms in total. The fraction of sp³-hybridized carbons (Fsp3) is 0.652. The fourth-order valence-corrected chi connectivity index (χ4v) is 4.34. The molecule has 2 aliphatic rings. The van der Waals surface area contributed by atoms with Crippen LogP contribution < -0.4 is 10.2 Å². The Kier molecular flexibility index (Phi) is 7.14. The Morgan fingerprint density at radius 2 is 1.59 bits per heavy atom. The third-order valence-corrected chi connectivity index (χ3v) is 6.40. The highest BCUT2D eigenvalue weighted by atomic mass is 19.1. The molecule has 1 aliphatic carbocycles. The minimum atomic E-state index is -0.473. The van der Waals surface area contributed by atoms with E-state index in [9.17, 15) is 14.0 Å². The average molecular weight is 404 g/mol. The highest BCUT2D eigenvalue weighted by Gasteiger charge is 2.33. The van der Waals surface area contributed by atoms with Gasteiger partial charge in [0.15, 0.2) is 0 Å². The first-order chi connectivity index (χ1) is 13.8. The number of carbonyl (C=O) groups excluding carboxylic acids is 2. The molecule has 0 unspecified atom stereocenters. The third-order valence-electron chi connectivity index (χ3n) is 6.40. The zero-order valence-electron chi connectivity index (χ0n) is 17.9. The Balaban J connectivity index is 1.55. The zero-order chi connectivity index (χ0) is 21.0. The lowest BCUT2D eigenvalue weighted by Gasteiger charge is -2.38. The minimum Gasteiger partial charge on any atom is -0.368 e. The van der Waals surface area contributed by atoms with Crippen LogP contribution in [0.3, 0.4) is 0 Å². The number of anilines is 1. The number of carbonyl (C=O) groups is 2. The molecule has 1 saturated carbocycles. The molecule has 2 amide bonds. The van der Waals surface area contributed by atoms with E-state index in [4.69, 9.17) is 0 Å². The van der Waals surface area contributed by atoms with Crippen LogP contribution in [0, 0.1) is 23.6 Å². The van der Waals surface area contributed by atoms with Crippen LogP contribution in [0.5, 0.6) is 0 Å². The SMILES string of the molecule is CC1CCC(C(=O)N[C@H](C(=O)N2CCN(c3ccc(F)cc3)CC2)C(C)C)CC1. The predicted molar refractivity (Wildman–Crippen MR) is 113 cm³/mol. The lowest BCUT2D eigenvalue weighted by molar-refractivity contribution is -0.139. The maximum absolute atomic E-state index is 13.1. The number of nitrogens with zero attached hydrogens (tertiary/aromatic N) is 2. The molecule has 0 bridgehead atoms. The first kappa shape index (κ1) is 21.6. The average Bonchev–Trinajstić information content (AvgIpc) is 2.72. The van der Waals surface area contributed by atoms with E-state index >= 15 is 0 Å². The summed E-state index contributed by atoms with van der Waals surface area (Å²) >= 11 is 0. The van der Waals surface area contributed by atoms with Crippen LogP contribution in [0.4, 0.5) is 10.1 Å². The molecule has 1 saturated heterocycles. The van der Waals surface area contributed by atoms with Gasteiger partial charge in [0.25, 0.3) is 0 Å². The van der Waals surface area contributed by atoms with Crippen LogP contribution in [-0.2, 0) is 9.59 Å². The number of amides is 2. The van der Waals surface area contributed by atoms with Gasteiger partial charge in [0.2, 0.25) is 11.8 Å². The van der Waals surface area contributed by atoms with E-state index < -0.39 is 6.04 Å². The summed E-state index contributed by atoms with van der Waals surface area (Å²) < 4.78 is 13.1. The van der Waals surface area contributed by atoms with Crippen molar-refractivity contribution in [2.75, 3.05) is 31.1 Å². The van der Waals surface area contributed by atoms with Crippen LogP contribution in [0.15, 0.2) is 24.3 Å². The molecule has 1 N–H and O–H groups in total. The number of benzene rings is 1. The van der Waals surface area contributed by atoms with Crippen LogP contribution in [0.25, 0.3) is 0 Å². The van der Waals surface area contributed by atoms with Crippen molar-refractivity contribution in [3.63, 3.8) is 0 Å². The van der Waals surface area contributed by atoms with Crippen molar-refractivity contribution in [1.29, 1.82) is 0 Å². The number of hydrogen-bond acceptors (Lipinski definition) is 3. The molecule has 1 heterocycles. The summed E-state index contributed by atoms with van der Waals surface area (Å²) in [5.41, 5.74) is 0.971. The van der Waals surface area contributed by atoms with E-state index in [0.717, 1.165) is 31.4 Å². The van der Waals surface area contributed by atoms with Crippen LogP contribution in [0.2, 0.25) is 0 Å². The van der Waals surface area contributed by atoms with E-state index in [1.54, 1.807) is 12.1 Å². The van der Waals surface area contributed by atoms with Gasteiger partial charge in [-0.2, -0.15) is 0 Å². The summed E-state index contributed by atoms with van der Waals surface area (Å²) in [5, 5.41) is 3.06. The normalized spacial score (nSPS) is 23.8. The van der Waals surface area contributed by atoms with Gasteiger partial charge in [-0.3, -0.25) is 9.59 Å². The Bertz CT molecular complexity index is 691. The van der Waals surface area contributed by atoms with Crippen molar-refractivity contribution in [3.05, 3.63) is 30.1 Å². The van der Waals surface area contributed by atoms with E-state index in [1.807, 2.05) is 18.7 Å². The van der Waals surface area contributed by atoms with Gasteiger partial charge >= 0.3 is 0 Å². The van der Waals surface area contributed by atoms with Gasteiger partial charge in [-0.05, 0) is 61.8 Å². The highest BCUT2D eigenvalue weighted by Crippen LogP contribution is 2.28. The molecule has 29 heavy (non-hydrogen) atoms. The molecule has 1 aliphatic heterocycles. The van der Waals surface area contributed by atoms with Crippen molar-refractivity contribution in [2.45, 2.75) is 52.5 Å². The monoisotopic (exact) mass is 403 g/mol. The quantitative estimate of drug-likeness (QED) is 0.819. The Morgan fingerprint density at radius 3 is 2.14 bits per heavy atom. The topological polar surface area (TPSA) is 52.7 Å². The summed E-state index contributed by atoms with van der Waals surface area (Å²) in [4.78, 5) is 29.9. The largest absolute Gasteiger partial charge is 0.368 e. The summed E-state index contributed by atoms with van der Waals surface area (Å²) in [7, 11) is 0. The molecule has 1 aromatic rings. The van der Waals surface area contributed by atoms with Gasteiger partial charge in [-0.15, -0.1) is 0 Å². The first-order valence-electron chi connectivity index (χ1n) is 10.9. The molecule has 0 spiro atoms. The van der Waals surface area contributed by atoms with Crippen molar-refractivity contribution >= 4 is 17.5 Å². The Labute approximate surface area is 173 Å². The van der Waals surface area contributed by atoms with E-state index in [0.29, 0.717) is 32.1 Å². The summed E-state index contributed by atoms with van der Waals surface area (Å²) in [6.07, 6.45) is 4.01. The van der Waals surface area contributed by atoms with Crippen LogP contribution in [-0.4, -0.2) is 48.9 Å². The maximum Gasteiger partial charge on any atom is 0.245 e. The number of nitrogens with one attached hydrogen (secondary N) is 1.